The van der Waals surface area contributed by atoms with Crippen molar-refractivity contribution in [1.29, 1.82) is 0 Å². The van der Waals surface area contributed by atoms with Crippen LogP contribution in [0.4, 0.5) is 10.8 Å². The summed E-state index contributed by atoms with van der Waals surface area (Å²) in [4.78, 5) is 23.7. The highest BCUT2D eigenvalue weighted by molar-refractivity contribution is 7.92. The fraction of sp³-hybridized carbons (Fsp3) is 0.333. The molecule has 0 spiro atoms. The third-order valence-electron chi connectivity index (χ3n) is 2.92. The van der Waals surface area contributed by atoms with Crippen molar-refractivity contribution < 1.29 is 22.7 Å². The van der Waals surface area contributed by atoms with E-state index in [4.69, 9.17) is 4.74 Å². The van der Waals surface area contributed by atoms with Crippen LogP contribution in [-0.2, 0) is 19.4 Å². The summed E-state index contributed by atoms with van der Waals surface area (Å²) in [6.07, 6.45) is 0. The van der Waals surface area contributed by atoms with Crippen LogP contribution in [-0.4, -0.2) is 48.5 Å². The predicted molar refractivity (Wildman–Crippen MR) is 98.2 cm³/mol. The number of aryl methyl sites for hydroxylation is 1. The Bertz CT molecular complexity index is 878. The maximum absolute atomic E-state index is 12.0. The Labute approximate surface area is 154 Å². The molecule has 1 aromatic carbocycles. The van der Waals surface area contributed by atoms with Crippen LogP contribution >= 0.6 is 11.3 Å². The summed E-state index contributed by atoms with van der Waals surface area (Å²) in [5, 5.41) is 13.0. The smallest absolute Gasteiger partial charge is 0.241 e. The van der Waals surface area contributed by atoms with Crippen molar-refractivity contribution in [2.24, 2.45) is 0 Å². The minimum Gasteiger partial charge on any atom is -0.494 e. The summed E-state index contributed by atoms with van der Waals surface area (Å²) in [6, 6.07) is 6.51. The predicted octanol–water partition coefficient (Wildman–Crippen LogP) is 1.24. The van der Waals surface area contributed by atoms with Crippen molar-refractivity contribution >= 4 is 43.8 Å². The number of sulfone groups is 1. The lowest BCUT2D eigenvalue weighted by Gasteiger charge is -2.08. The largest absolute Gasteiger partial charge is 0.494 e. The number of aromatic nitrogens is 2. The van der Waals surface area contributed by atoms with E-state index in [0.29, 0.717) is 23.1 Å². The molecule has 0 radical (unpaired) electrons. The quantitative estimate of drug-likeness (QED) is 0.685. The van der Waals surface area contributed by atoms with Gasteiger partial charge in [0.05, 0.1) is 6.61 Å². The number of benzene rings is 1. The van der Waals surface area contributed by atoms with E-state index in [-0.39, 0.29) is 5.13 Å². The maximum Gasteiger partial charge on any atom is 0.241 e. The number of anilines is 2. The number of nitrogens with one attached hydrogen (secondary N) is 2. The van der Waals surface area contributed by atoms with Crippen molar-refractivity contribution in [3.05, 3.63) is 29.3 Å². The highest BCUT2D eigenvalue weighted by Crippen LogP contribution is 2.16. The van der Waals surface area contributed by atoms with Crippen LogP contribution < -0.4 is 15.4 Å². The molecular formula is C15H18N4O5S2. The Morgan fingerprint density at radius 1 is 1.08 bits per heavy atom. The SMILES string of the molecule is CCOc1ccc(NC(=O)CS(=O)(=O)CC(=O)Nc2nnc(C)s2)cc1. The molecule has 1 aromatic heterocycles. The molecule has 2 N–H and O–H groups in total. The topological polar surface area (TPSA) is 127 Å². The number of carbonyl (C=O) groups excluding carboxylic acids is 2. The molecule has 0 saturated carbocycles. The van der Waals surface area contributed by atoms with Gasteiger partial charge in [0.25, 0.3) is 0 Å². The Hall–Kier alpha value is -2.53. The Balaban J connectivity index is 1.86. The second kappa shape index (κ2) is 8.72. The van der Waals surface area contributed by atoms with Crippen LogP contribution in [0.25, 0.3) is 0 Å². The van der Waals surface area contributed by atoms with E-state index in [1.807, 2.05) is 6.92 Å². The summed E-state index contributed by atoms with van der Waals surface area (Å²) >= 11 is 1.12. The molecule has 0 atom stereocenters. The molecule has 0 aliphatic rings. The fourth-order valence-electron chi connectivity index (χ4n) is 1.95. The van der Waals surface area contributed by atoms with E-state index < -0.39 is 33.2 Å². The lowest BCUT2D eigenvalue weighted by molar-refractivity contribution is -0.114. The van der Waals surface area contributed by atoms with Crippen molar-refractivity contribution in [3.8, 4) is 5.75 Å². The molecule has 0 fully saturated rings. The zero-order valence-corrected chi connectivity index (χ0v) is 15.8. The molecule has 1 heterocycles. The van der Waals surface area contributed by atoms with Crippen LogP contribution in [0.15, 0.2) is 24.3 Å². The number of amides is 2. The lowest BCUT2D eigenvalue weighted by atomic mass is 10.3. The molecule has 0 unspecified atom stereocenters. The van der Waals surface area contributed by atoms with E-state index in [2.05, 4.69) is 20.8 Å². The van der Waals surface area contributed by atoms with Gasteiger partial charge in [-0.05, 0) is 38.1 Å². The molecule has 0 aliphatic carbocycles. The van der Waals surface area contributed by atoms with E-state index in [9.17, 15) is 18.0 Å². The molecule has 26 heavy (non-hydrogen) atoms. The van der Waals surface area contributed by atoms with Crippen LogP contribution in [0.1, 0.15) is 11.9 Å². The van der Waals surface area contributed by atoms with Gasteiger partial charge in [0.15, 0.2) is 9.84 Å². The first-order valence-corrected chi connectivity index (χ1v) is 10.2. The average molecular weight is 398 g/mol. The van der Waals surface area contributed by atoms with Crippen LogP contribution in [0.3, 0.4) is 0 Å². The summed E-state index contributed by atoms with van der Waals surface area (Å²) in [7, 11) is -3.92. The van der Waals surface area contributed by atoms with Gasteiger partial charge in [0.2, 0.25) is 16.9 Å². The Kier molecular flexibility index (Phi) is 6.64. The van der Waals surface area contributed by atoms with Gasteiger partial charge in [0.1, 0.15) is 22.3 Å². The summed E-state index contributed by atoms with van der Waals surface area (Å²) < 4.78 is 29.3. The van der Waals surface area contributed by atoms with Gasteiger partial charge < -0.3 is 10.1 Å². The first-order chi connectivity index (χ1) is 12.3. The molecular weight excluding hydrogens is 380 g/mol. The highest BCUT2D eigenvalue weighted by atomic mass is 32.2. The number of rotatable bonds is 8. The maximum atomic E-state index is 12.0. The third kappa shape index (κ3) is 6.41. The zero-order valence-electron chi connectivity index (χ0n) is 14.2. The van der Waals surface area contributed by atoms with Crippen molar-refractivity contribution in [2.45, 2.75) is 13.8 Å². The Morgan fingerprint density at radius 3 is 2.23 bits per heavy atom. The molecule has 140 valence electrons. The molecule has 11 heteroatoms. The van der Waals surface area contributed by atoms with Gasteiger partial charge in [-0.1, -0.05) is 11.3 Å². The first kappa shape index (κ1) is 19.8. The summed E-state index contributed by atoms with van der Waals surface area (Å²) in [5.41, 5.74) is 0.433. The standard InChI is InChI=1S/C15H18N4O5S2/c1-3-24-12-6-4-11(5-7-12)16-13(20)8-26(22,23)9-14(21)17-15-19-18-10(2)25-15/h4-7H,3,8-9H2,1-2H3,(H,16,20)(H,17,19,21). The van der Waals surface area contributed by atoms with Crippen LogP contribution in [0, 0.1) is 6.92 Å². The lowest BCUT2D eigenvalue weighted by Crippen LogP contribution is -2.30. The molecule has 9 nitrogen and oxygen atoms in total. The number of hydrogen-bond acceptors (Lipinski definition) is 8. The van der Waals surface area contributed by atoms with Crippen LogP contribution in [0.2, 0.25) is 0 Å². The van der Waals surface area contributed by atoms with Gasteiger partial charge in [-0.15, -0.1) is 10.2 Å². The monoisotopic (exact) mass is 398 g/mol. The first-order valence-electron chi connectivity index (χ1n) is 7.60. The molecule has 2 amide bonds. The minimum atomic E-state index is -3.92. The van der Waals surface area contributed by atoms with Gasteiger partial charge in [-0.25, -0.2) is 8.42 Å². The summed E-state index contributed by atoms with van der Waals surface area (Å²) in [6.45, 7) is 4.07. The van der Waals surface area contributed by atoms with Crippen molar-refractivity contribution in [2.75, 3.05) is 28.7 Å². The average Bonchev–Trinajstić information content (AvgIpc) is 2.93. The van der Waals surface area contributed by atoms with Crippen LogP contribution in [0.5, 0.6) is 5.75 Å². The molecule has 2 aromatic rings. The number of carbonyl (C=O) groups is 2. The molecule has 0 saturated heterocycles. The van der Waals surface area contributed by atoms with Gasteiger partial charge >= 0.3 is 0 Å². The normalized spacial score (nSPS) is 11.0. The number of hydrogen-bond donors (Lipinski definition) is 2. The van der Waals surface area contributed by atoms with E-state index in [0.717, 1.165) is 11.3 Å². The number of nitrogens with zero attached hydrogens (tertiary/aromatic N) is 2. The third-order valence-corrected chi connectivity index (χ3v) is 5.08. The molecule has 0 bridgehead atoms. The number of ether oxygens (including phenoxy) is 1. The van der Waals surface area contributed by atoms with E-state index in [1.54, 1.807) is 31.2 Å². The van der Waals surface area contributed by atoms with Crippen molar-refractivity contribution in [3.63, 3.8) is 0 Å². The van der Waals surface area contributed by atoms with Gasteiger partial charge in [-0.3, -0.25) is 14.9 Å². The zero-order chi connectivity index (χ0) is 19.2. The van der Waals surface area contributed by atoms with Gasteiger partial charge in [0, 0.05) is 5.69 Å². The molecule has 0 aliphatic heterocycles. The molecule has 2 rings (SSSR count). The second-order valence-corrected chi connectivity index (χ2v) is 8.46. The summed E-state index contributed by atoms with van der Waals surface area (Å²) in [5.74, 6) is -2.48. The fourth-order valence-corrected chi connectivity index (χ4v) is 3.60. The minimum absolute atomic E-state index is 0.210. The van der Waals surface area contributed by atoms with Gasteiger partial charge in [-0.2, -0.15) is 0 Å². The van der Waals surface area contributed by atoms with E-state index in [1.165, 1.54) is 0 Å². The van der Waals surface area contributed by atoms with Crippen molar-refractivity contribution in [1.82, 2.24) is 10.2 Å². The highest BCUT2D eigenvalue weighted by Gasteiger charge is 2.21. The Morgan fingerprint density at radius 2 is 1.69 bits per heavy atom. The van der Waals surface area contributed by atoms with E-state index >= 15 is 0 Å². The second-order valence-electron chi connectivity index (χ2n) is 5.21.